The molecule has 1 aliphatic heterocycles. The molecule has 1 fully saturated rings. The van der Waals surface area contributed by atoms with E-state index in [0.717, 1.165) is 43.1 Å². The Hall–Kier alpha value is -1.16. The van der Waals surface area contributed by atoms with E-state index in [0.29, 0.717) is 6.10 Å². The fourth-order valence-electron chi connectivity index (χ4n) is 2.14. The summed E-state index contributed by atoms with van der Waals surface area (Å²) < 4.78 is 5.37. The molecule has 16 heavy (non-hydrogen) atoms. The number of aryl methyl sites for hydroxylation is 2. The maximum absolute atomic E-state index is 5.37. The minimum Gasteiger partial charge on any atom is -0.381 e. The van der Waals surface area contributed by atoms with Gasteiger partial charge in [0.25, 0.3) is 0 Å². The molecule has 0 radical (unpaired) electrons. The van der Waals surface area contributed by atoms with Gasteiger partial charge in [0.15, 0.2) is 0 Å². The SMILES string of the molecule is COC1CCN(c2nc(C)ncc2C)CC1. The Morgan fingerprint density at radius 2 is 2.00 bits per heavy atom. The molecule has 1 aromatic heterocycles. The van der Waals surface area contributed by atoms with Crippen molar-refractivity contribution >= 4 is 5.82 Å². The lowest BCUT2D eigenvalue weighted by Crippen LogP contribution is -2.37. The number of ether oxygens (including phenoxy) is 1. The van der Waals surface area contributed by atoms with E-state index < -0.39 is 0 Å². The molecule has 2 heterocycles. The number of hydrogen-bond donors (Lipinski definition) is 0. The Morgan fingerprint density at radius 3 is 2.62 bits per heavy atom. The lowest BCUT2D eigenvalue weighted by atomic mass is 10.1. The molecule has 0 saturated carbocycles. The molecule has 1 aliphatic rings. The van der Waals surface area contributed by atoms with E-state index >= 15 is 0 Å². The summed E-state index contributed by atoms with van der Waals surface area (Å²) in [4.78, 5) is 11.1. The van der Waals surface area contributed by atoms with Crippen molar-refractivity contribution in [3.63, 3.8) is 0 Å². The molecule has 0 atom stereocenters. The Bertz CT molecular complexity index is 359. The summed E-state index contributed by atoms with van der Waals surface area (Å²) in [5.41, 5.74) is 1.15. The number of aromatic nitrogens is 2. The Morgan fingerprint density at radius 1 is 1.31 bits per heavy atom. The first-order valence-corrected chi connectivity index (χ1v) is 5.78. The van der Waals surface area contributed by atoms with Gasteiger partial charge >= 0.3 is 0 Å². The second kappa shape index (κ2) is 4.78. The predicted octanol–water partition coefficient (Wildman–Crippen LogP) is 1.71. The lowest BCUT2D eigenvalue weighted by Gasteiger charge is -2.32. The molecule has 88 valence electrons. The van der Waals surface area contributed by atoms with Crippen LogP contribution in [-0.4, -0.2) is 36.3 Å². The maximum atomic E-state index is 5.37. The van der Waals surface area contributed by atoms with E-state index in [4.69, 9.17) is 4.74 Å². The van der Waals surface area contributed by atoms with Gasteiger partial charge < -0.3 is 9.64 Å². The molecule has 1 aromatic rings. The maximum Gasteiger partial charge on any atom is 0.135 e. The van der Waals surface area contributed by atoms with Gasteiger partial charge in [-0.15, -0.1) is 0 Å². The van der Waals surface area contributed by atoms with Crippen LogP contribution in [0.5, 0.6) is 0 Å². The third-order valence-corrected chi connectivity index (χ3v) is 3.14. The highest BCUT2D eigenvalue weighted by atomic mass is 16.5. The van der Waals surface area contributed by atoms with Gasteiger partial charge in [0.05, 0.1) is 6.10 Å². The quantitative estimate of drug-likeness (QED) is 0.762. The minimum atomic E-state index is 0.416. The van der Waals surface area contributed by atoms with Gasteiger partial charge in [-0.05, 0) is 26.7 Å². The van der Waals surface area contributed by atoms with E-state index in [1.165, 1.54) is 0 Å². The second-order valence-electron chi connectivity index (χ2n) is 4.35. The van der Waals surface area contributed by atoms with E-state index in [2.05, 4.69) is 21.8 Å². The van der Waals surface area contributed by atoms with Crippen molar-refractivity contribution in [3.8, 4) is 0 Å². The number of anilines is 1. The highest BCUT2D eigenvalue weighted by Crippen LogP contribution is 2.21. The molecule has 0 spiro atoms. The number of rotatable bonds is 2. The third-order valence-electron chi connectivity index (χ3n) is 3.14. The smallest absolute Gasteiger partial charge is 0.135 e. The Kier molecular flexibility index (Phi) is 3.39. The first-order valence-electron chi connectivity index (χ1n) is 5.78. The summed E-state index contributed by atoms with van der Waals surface area (Å²) >= 11 is 0. The number of hydrogen-bond acceptors (Lipinski definition) is 4. The van der Waals surface area contributed by atoms with Gasteiger partial charge in [-0.3, -0.25) is 0 Å². The first-order chi connectivity index (χ1) is 7.70. The van der Waals surface area contributed by atoms with Crippen LogP contribution in [-0.2, 0) is 4.74 Å². The molecule has 0 N–H and O–H groups in total. The standard InChI is InChI=1S/C12H19N3O/c1-9-8-13-10(2)14-12(9)15-6-4-11(16-3)5-7-15/h8,11H,4-7H2,1-3H3. The Labute approximate surface area is 96.7 Å². The molecular weight excluding hydrogens is 202 g/mol. The van der Waals surface area contributed by atoms with Crippen LogP contribution >= 0.6 is 0 Å². The zero-order valence-corrected chi connectivity index (χ0v) is 10.2. The van der Waals surface area contributed by atoms with Crippen molar-refractivity contribution in [3.05, 3.63) is 17.6 Å². The summed E-state index contributed by atoms with van der Waals surface area (Å²) in [7, 11) is 1.79. The van der Waals surface area contributed by atoms with Crippen molar-refractivity contribution in [2.24, 2.45) is 0 Å². The van der Waals surface area contributed by atoms with E-state index in [1.54, 1.807) is 7.11 Å². The van der Waals surface area contributed by atoms with Crippen LogP contribution in [0.1, 0.15) is 24.2 Å². The highest BCUT2D eigenvalue weighted by molar-refractivity contribution is 5.45. The van der Waals surface area contributed by atoms with Gasteiger partial charge in [-0.25, -0.2) is 9.97 Å². The number of nitrogens with zero attached hydrogens (tertiary/aromatic N) is 3. The minimum absolute atomic E-state index is 0.416. The number of methoxy groups -OCH3 is 1. The van der Waals surface area contributed by atoms with Crippen LogP contribution in [0, 0.1) is 13.8 Å². The first kappa shape index (κ1) is 11.3. The zero-order valence-electron chi connectivity index (χ0n) is 10.2. The van der Waals surface area contributed by atoms with Crippen LogP contribution < -0.4 is 4.90 Å². The van der Waals surface area contributed by atoms with Gasteiger partial charge in [-0.1, -0.05) is 0 Å². The summed E-state index contributed by atoms with van der Waals surface area (Å²) in [5, 5.41) is 0. The molecule has 0 aromatic carbocycles. The van der Waals surface area contributed by atoms with Crippen molar-refractivity contribution in [1.29, 1.82) is 0 Å². The summed E-state index contributed by atoms with van der Waals surface area (Å²) in [5.74, 6) is 1.93. The van der Waals surface area contributed by atoms with Gasteiger partial charge in [0.1, 0.15) is 11.6 Å². The van der Waals surface area contributed by atoms with Crippen molar-refractivity contribution in [2.75, 3.05) is 25.1 Å². The second-order valence-corrected chi connectivity index (χ2v) is 4.35. The fraction of sp³-hybridized carbons (Fsp3) is 0.667. The van der Waals surface area contributed by atoms with E-state index in [9.17, 15) is 0 Å². The van der Waals surface area contributed by atoms with Crippen molar-refractivity contribution in [2.45, 2.75) is 32.8 Å². The average Bonchev–Trinajstić information content (AvgIpc) is 2.32. The summed E-state index contributed by atoms with van der Waals surface area (Å²) in [6.07, 6.45) is 4.48. The predicted molar refractivity (Wildman–Crippen MR) is 63.8 cm³/mol. The van der Waals surface area contributed by atoms with Crippen LogP contribution in [0.3, 0.4) is 0 Å². The molecular formula is C12H19N3O. The lowest BCUT2D eigenvalue weighted by molar-refractivity contribution is 0.0817. The van der Waals surface area contributed by atoms with Crippen LogP contribution in [0.2, 0.25) is 0 Å². The third kappa shape index (κ3) is 2.32. The van der Waals surface area contributed by atoms with E-state index in [-0.39, 0.29) is 0 Å². The van der Waals surface area contributed by atoms with Crippen LogP contribution in [0.15, 0.2) is 6.20 Å². The topological polar surface area (TPSA) is 38.2 Å². The monoisotopic (exact) mass is 221 g/mol. The molecule has 0 unspecified atom stereocenters. The summed E-state index contributed by atoms with van der Waals surface area (Å²) in [6.45, 7) is 6.05. The van der Waals surface area contributed by atoms with Gasteiger partial charge in [0.2, 0.25) is 0 Å². The normalized spacial score (nSPS) is 17.8. The van der Waals surface area contributed by atoms with Crippen LogP contribution in [0.25, 0.3) is 0 Å². The molecule has 4 nitrogen and oxygen atoms in total. The zero-order chi connectivity index (χ0) is 11.5. The fourth-order valence-corrected chi connectivity index (χ4v) is 2.14. The van der Waals surface area contributed by atoms with Crippen molar-refractivity contribution in [1.82, 2.24) is 9.97 Å². The van der Waals surface area contributed by atoms with E-state index in [1.807, 2.05) is 13.1 Å². The van der Waals surface area contributed by atoms with Gasteiger partial charge in [0, 0.05) is 32.0 Å². The molecule has 0 amide bonds. The molecule has 4 heteroatoms. The summed E-state index contributed by atoms with van der Waals surface area (Å²) in [6, 6.07) is 0. The number of piperidine rings is 1. The average molecular weight is 221 g/mol. The Balaban J connectivity index is 2.10. The van der Waals surface area contributed by atoms with Crippen LogP contribution in [0.4, 0.5) is 5.82 Å². The molecule has 2 rings (SSSR count). The molecule has 1 saturated heterocycles. The van der Waals surface area contributed by atoms with Gasteiger partial charge in [-0.2, -0.15) is 0 Å². The highest BCUT2D eigenvalue weighted by Gasteiger charge is 2.20. The molecule has 0 bridgehead atoms. The van der Waals surface area contributed by atoms with Crippen molar-refractivity contribution < 1.29 is 4.74 Å². The molecule has 0 aliphatic carbocycles. The largest absolute Gasteiger partial charge is 0.381 e.